The van der Waals surface area contributed by atoms with Crippen LogP contribution in [0, 0.1) is 0 Å². The lowest BCUT2D eigenvalue weighted by Crippen LogP contribution is -1.87. The Kier molecular flexibility index (Phi) is 13.5. The molecule has 0 heterocycles. The van der Waals surface area contributed by atoms with Crippen LogP contribution in [-0.2, 0) is 9.84 Å². The average Bonchev–Trinajstić information content (AvgIpc) is 2.38. The Hall–Kier alpha value is -0.310. The van der Waals surface area contributed by atoms with E-state index in [1.165, 1.54) is 82.3 Å². The van der Waals surface area contributed by atoms with Gasteiger partial charge in [-0.25, -0.2) is 8.42 Å². The Morgan fingerprint density at radius 3 is 1.50 bits per heavy atom. The van der Waals surface area contributed by atoms with Crippen LogP contribution in [0.4, 0.5) is 0 Å². The molecule has 0 spiro atoms. The van der Waals surface area contributed by atoms with Gasteiger partial charge >= 0.3 is 0 Å². The van der Waals surface area contributed by atoms with Gasteiger partial charge in [-0.15, -0.1) is 0 Å². The topological polar surface area (TPSA) is 34.1 Å². The van der Waals surface area contributed by atoms with Gasteiger partial charge in [0, 0.05) is 11.7 Å². The molecule has 0 amide bonds. The van der Waals surface area contributed by atoms with Crippen molar-refractivity contribution >= 4 is 9.84 Å². The summed E-state index contributed by atoms with van der Waals surface area (Å²) >= 11 is 0. The highest BCUT2D eigenvalue weighted by atomic mass is 32.2. The molecule has 0 aliphatic rings. The predicted octanol–water partition coefficient (Wildman–Crippen LogP) is 5.64. The molecule has 0 unspecified atom stereocenters. The fourth-order valence-electron chi connectivity index (χ4n) is 2.35. The maximum Gasteiger partial charge on any atom is 0.168 e. The summed E-state index contributed by atoms with van der Waals surface area (Å²) < 4.78 is 21.7. The van der Waals surface area contributed by atoms with Crippen LogP contribution < -0.4 is 0 Å². The molecule has 0 saturated carbocycles. The Bertz CT molecular complexity index is 318. The Balaban J connectivity index is 3.12. The van der Waals surface area contributed by atoms with Crippen LogP contribution in [0.15, 0.2) is 11.5 Å². The Labute approximate surface area is 127 Å². The monoisotopic (exact) mass is 302 g/mol. The Morgan fingerprint density at radius 1 is 0.700 bits per heavy atom. The number of sulfone groups is 1. The summed E-state index contributed by atoms with van der Waals surface area (Å²) in [5, 5.41) is 1.32. The first-order valence-corrected chi connectivity index (χ1v) is 10.4. The third-order valence-corrected chi connectivity index (χ3v) is 4.25. The zero-order chi connectivity index (χ0) is 15.1. The molecule has 20 heavy (non-hydrogen) atoms. The summed E-state index contributed by atoms with van der Waals surface area (Å²) in [5.74, 6) is 0. The molecule has 0 saturated heterocycles. The van der Waals surface area contributed by atoms with Gasteiger partial charge in [0.2, 0.25) is 0 Å². The molecule has 3 heteroatoms. The van der Waals surface area contributed by atoms with E-state index >= 15 is 0 Å². The molecule has 0 aromatic rings. The maximum atomic E-state index is 10.9. The van der Waals surface area contributed by atoms with E-state index in [4.69, 9.17) is 0 Å². The van der Waals surface area contributed by atoms with Gasteiger partial charge in [-0.1, -0.05) is 83.6 Å². The molecule has 0 aromatic carbocycles. The fraction of sp³-hybridized carbons (Fsp3) is 0.882. The molecule has 120 valence electrons. The quantitative estimate of drug-likeness (QED) is 0.389. The fourth-order valence-corrected chi connectivity index (χ4v) is 2.83. The van der Waals surface area contributed by atoms with Gasteiger partial charge < -0.3 is 0 Å². The minimum Gasteiger partial charge on any atom is -0.225 e. The van der Waals surface area contributed by atoms with E-state index in [9.17, 15) is 8.42 Å². The van der Waals surface area contributed by atoms with Crippen molar-refractivity contribution in [3.05, 3.63) is 11.5 Å². The number of allylic oxidation sites excluding steroid dienone is 1. The van der Waals surface area contributed by atoms with Crippen molar-refractivity contribution in [2.75, 3.05) is 6.26 Å². The average molecular weight is 303 g/mol. The number of hydrogen-bond donors (Lipinski definition) is 0. The van der Waals surface area contributed by atoms with Crippen molar-refractivity contribution in [2.24, 2.45) is 0 Å². The largest absolute Gasteiger partial charge is 0.225 e. The van der Waals surface area contributed by atoms with Gasteiger partial charge in [-0.05, 0) is 12.8 Å². The molecule has 2 nitrogen and oxygen atoms in total. The van der Waals surface area contributed by atoms with E-state index < -0.39 is 9.84 Å². The van der Waals surface area contributed by atoms with Crippen LogP contribution in [0.2, 0.25) is 0 Å². The summed E-state index contributed by atoms with van der Waals surface area (Å²) in [6.45, 7) is 2.26. The molecular formula is C17H34O2S. The van der Waals surface area contributed by atoms with Crippen molar-refractivity contribution < 1.29 is 8.42 Å². The first-order valence-electron chi connectivity index (χ1n) is 8.43. The lowest BCUT2D eigenvalue weighted by atomic mass is 10.0. The second kappa shape index (κ2) is 13.7. The van der Waals surface area contributed by atoms with Crippen LogP contribution in [0.5, 0.6) is 0 Å². The van der Waals surface area contributed by atoms with Gasteiger partial charge in [-0.2, -0.15) is 0 Å². The molecule has 0 bridgehead atoms. The third kappa shape index (κ3) is 17.7. The molecule has 0 aromatic heterocycles. The predicted molar refractivity (Wildman–Crippen MR) is 89.7 cm³/mol. The van der Waals surface area contributed by atoms with Gasteiger partial charge in [0.15, 0.2) is 9.84 Å². The zero-order valence-electron chi connectivity index (χ0n) is 13.6. The van der Waals surface area contributed by atoms with Crippen molar-refractivity contribution in [3.63, 3.8) is 0 Å². The minimum absolute atomic E-state index is 0.893. The summed E-state index contributed by atoms with van der Waals surface area (Å²) in [6, 6.07) is 0. The molecule has 0 radical (unpaired) electrons. The summed E-state index contributed by atoms with van der Waals surface area (Å²) in [7, 11) is -2.92. The van der Waals surface area contributed by atoms with E-state index in [0.717, 1.165) is 12.8 Å². The van der Waals surface area contributed by atoms with E-state index in [0.29, 0.717) is 0 Å². The second-order valence-electron chi connectivity index (χ2n) is 5.88. The zero-order valence-corrected chi connectivity index (χ0v) is 14.4. The van der Waals surface area contributed by atoms with E-state index in [2.05, 4.69) is 6.92 Å². The smallest absolute Gasteiger partial charge is 0.168 e. The second-order valence-corrected chi connectivity index (χ2v) is 7.81. The standard InChI is InChI=1S/C17H34O2S/c1-3-4-5-6-7-8-9-10-11-12-13-14-15-16-17-20(2,18)19/h16-17H,3-15H2,1-2H3. The van der Waals surface area contributed by atoms with Crippen molar-refractivity contribution in [1.82, 2.24) is 0 Å². The van der Waals surface area contributed by atoms with Crippen LogP contribution in [0.3, 0.4) is 0 Å². The molecule has 0 rings (SSSR count). The van der Waals surface area contributed by atoms with Crippen molar-refractivity contribution in [3.8, 4) is 0 Å². The van der Waals surface area contributed by atoms with Crippen molar-refractivity contribution in [2.45, 2.75) is 90.4 Å². The highest BCUT2D eigenvalue weighted by Crippen LogP contribution is 2.12. The van der Waals surface area contributed by atoms with Crippen LogP contribution in [-0.4, -0.2) is 14.7 Å². The third-order valence-electron chi connectivity index (χ3n) is 3.57. The maximum absolute atomic E-state index is 10.9. The highest BCUT2D eigenvalue weighted by Gasteiger charge is 1.94. The molecule has 0 N–H and O–H groups in total. The van der Waals surface area contributed by atoms with Gasteiger partial charge in [0.05, 0.1) is 0 Å². The molecular weight excluding hydrogens is 268 g/mol. The van der Waals surface area contributed by atoms with Crippen LogP contribution in [0.25, 0.3) is 0 Å². The SMILES string of the molecule is CCCCCCCCCCCCCCC=CS(C)(=O)=O. The molecule has 0 aliphatic heterocycles. The summed E-state index contributed by atoms with van der Waals surface area (Å²) in [4.78, 5) is 0. The number of unbranched alkanes of at least 4 members (excludes halogenated alkanes) is 12. The van der Waals surface area contributed by atoms with E-state index in [1.807, 2.05) is 0 Å². The normalized spacial score (nSPS) is 12.3. The molecule has 0 atom stereocenters. The van der Waals surface area contributed by atoms with Crippen molar-refractivity contribution in [1.29, 1.82) is 0 Å². The number of rotatable bonds is 14. The van der Waals surface area contributed by atoms with E-state index in [1.54, 1.807) is 6.08 Å². The lowest BCUT2D eigenvalue weighted by Gasteiger charge is -2.02. The summed E-state index contributed by atoms with van der Waals surface area (Å²) in [5.41, 5.74) is 0. The van der Waals surface area contributed by atoms with E-state index in [-0.39, 0.29) is 0 Å². The van der Waals surface area contributed by atoms with Gasteiger partial charge in [0.25, 0.3) is 0 Å². The van der Waals surface area contributed by atoms with Crippen LogP contribution >= 0.6 is 0 Å². The lowest BCUT2D eigenvalue weighted by molar-refractivity contribution is 0.545. The van der Waals surface area contributed by atoms with Gasteiger partial charge in [-0.3, -0.25) is 0 Å². The van der Waals surface area contributed by atoms with Crippen LogP contribution in [0.1, 0.15) is 90.4 Å². The molecule has 0 fully saturated rings. The first-order chi connectivity index (χ1) is 9.56. The molecule has 0 aliphatic carbocycles. The van der Waals surface area contributed by atoms with Gasteiger partial charge in [0.1, 0.15) is 0 Å². The highest BCUT2D eigenvalue weighted by molar-refractivity contribution is 7.93. The summed E-state index contributed by atoms with van der Waals surface area (Å²) in [6.07, 6.45) is 20.0. The number of hydrogen-bond acceptors (Lipinski definition) is 2. The Morgan fingerprint density at radius 2 is 1.10 bits per heavy atom. The minimum atomic E-state index is -2.92. The first kappa shape index (κ1) is 19.7.